The fourth-order valence-corrected chi connectivity index (χ4v) is 2.12. The molecule has 2 heteroatoms. The Balaban J connectivity index is 2.30. The Morgan fingerprint density at radius 1 is 1.33 bits per heavy atom. The van der Waals surface area contributed by atoms with Crippen molar-refractivity contribution in [1.29, 1.82) is 0 Å². The highest BCUT2D eigenvalue weighted by Crippen LogP contribution is 2.29. The lowest BCUT2D eigenvalue weighted by molar-refractivity contribution is 0.197. The van der Waals surface area contributed by atoms with Gasteiger partial charge in [0, 0.05) is 11.4 Å². The van der Waals surface area contributed by atoms with Gasteiger partial charge in [0.25, 0.3) is 0 Å². The van der Waals surface area contributed by atoms with Crippen molar-refractivity contribution < 1.29 is 5.11 Å². The van der Waals surface area contributed by atoms with Crippen LogP contribution < -0.4 is 0 Å². The standard InChI is InChI=1S/C7H13BrO/c8-7-4-2-1-3-6(7)5-9/h6-7,9H,1-5H2. The number of rotatable bonds is 1. The molecule has 1 N–H and O–H groups in total. The van der Waals surface area contributed by atoms with Crippen molar-refractivity contribution in [2.75, 3.05) is 6.61 Å². The highest BCUT2D eigenvalue weighted by Gasteiger charge is 2.21. The predicted molar refractivity (Wildman–Crippen MR) is 41.8 cm³/mol. The van der Waals surface area contributed by atoms with Crippen LogP contribution in [0, 0.1) is 5.92 Å². The molecule has 0 amide bonds. The Morgan fingerprint density at radius 2 is 2.00 bits per heavy atom. The summed E-state index contributed by atoms with van der Waals surface area (Å²) in [6.07, 6.45) is 5.07. The van der Waals surface area contributed by atoms with Crippen LogP contribution in [-0.4, -0.2) is 16.5 Å². The summed E-state index contributed by atoms with van der Waals surface area (Å²) in [5.41, 5.74) is 0. The first-order chi connectivity index (χ1) is 4.34. The molecule has 54 valence electrons. The van der Waals surface area contributed by atoms with E-state index >= 15 is 0 Å². The molecule has 1 nitrogen and oxygen atoms in total. The van der Waals surface area contributed by atoms with Gasteiger partial charge in [-0.15, -0.1) is 0 Å². The average molecular weight is 193 g/mol. The van der Waals surface area contributed by atoms with Crippen LogP contribution in [0.3, 0.4) is 0 Å². The minimum atomic E-state index is 0.357. The van der Waals surface area contributed by atoms with E-state index < -0.39 is 0 Å². The van der Waals surface area contributed by atoms with E-state index in [4.69, 9.17) is 5.11 Å². The predicted octanol–water partition coefficient (Wildman–Crippen LogP) is 1.93. The molecule has 2 unspecified atom stereocenters. The van der Waals surface area contributed by atoms with Crippen molar-refractivity contribution in [1.82, 2.24) is 0 Å². The van der Waals surface area contributed by atoms with Gasteiger partial charge in [0.05, 0.1) is 0 Å². The van der Waals surface area contributed by atoms with Crippen molar-refractivity contribution >= 4 is 15.9 Å². The third kappa shape index (κ3) is 1.94. The van der Waals surface area contributed by atoms with Gasteiger partial charge in [-0.25, -0.2) is 0 Å². The van der Waals surface area contributed by atoms with Crippen molar-refractivity contribution in [3.63, 3.8) is 0 Å². The summed E-state index contributed by atoms with van der Waals surface area (Å²) in [7, 11) is 0. The second kappa shape index (κ2) is 3.57. The molecule has 0 aromatic rings. The quantitative estimate of drug-likeness (QED) is 0.631. The smallest absolute Gasteiger partial charge is 0.0469 e. The molecule has 1 aliphatic carbocycles. The molecule has 0 aromatic carbocycles. The van der Waals surface area contributed by atoms with Crippen LogP contribution >= 0.6 is 15.9 Å². The van der Waals surface area contributed by atoms with Crippen molar-refractivity contribution in [3.05, 3.63) is 0 Å². The van der Waals surface area contributed by atoms with Gasteiger partial charge in [0.15, 0.2) is 0 Å². The topological polar surface area (TPSA) is 20.2 Å². The minimum absolute atomic E-state index is 0.357. The highest BCUT2D eigenvalue weighted by atomic mass is 79.9. The summed E-state index contributed by atoms with van der Waals surface area (Å²) < 4.78 is 0. The third-order valence-corrected chi connectivity index (χ3v) is 3.26. The number of halogens is 1. The largest absolute Gasteiger partial charge is 0.396 e. The monoisotopic (exact) mass is 192 g/mol. The van der Waals surface area contributed by atoms with Crippen LogP contribution in [0.5, 0.6) is 0 Å². The zero-order chi connectivity index (χ0) is 6.69. The number of hydrogen-bond donors (Lipinski definition) is 1. The zero-order valence-electron chi connectivity index (χ0n) is 5.52. The maximum Gasteiger partial charge on any atom is 0.0469 e. The Labute approximate surface area is 64.6 Å². The van der Waals surface area contributed by atoms with Crippen LogP contribution in [0.2, 0.25) is 0 Å². The minimum Gasteiger partial charge on any atom is -0.396 e. The number of aliphatic hydroxyl groups is 1. The molecule has 0 heterocycles. The molecule has 1 fully saturated rings. The molecule has 2 atom stereocenters. The Morgan fingerprint density at radius 3 is 2.44 bits per heavy atom. The van der Waals surface area contributed by atoms with Crippen molar-refractivity contribution in [2.24, 2.45) is 5.92 Å². The van der Waals surface area contributed by atoms with E-state index in [1.54, 1.807) is 0 Å². The van der Waals surface area contributed by atoms with E-state index in [9.17, 15) is 0 Å². The van der Waals surface area contributed by atoms with Gasteiger partial charge in [-0.05, 0) is 18.8 Å². The average Bonchev–Trinajstić information content (AvgIpc) is 1.89. The summed E-state index contributed by atoms with van der Waals surface area (Å²) in [5, 5.41) is 8.83. The summed E-state index contributed by atoms with van der Waals surface area (Å²) in [6, 6.07) is 0. The van der Waals surface area contributed by atoms with E-state index in [-0.39, 0.29) is 0 Å². The molecule has 9 heavy (non-hydrogen) atoms. The summed E-state index contributed by atoms with van der Waals surface area (Å²) >= 11 is 3.55. The second-order valence-corrected chi connectivity index (χ2v) is 3.92. The van der Waals surface area contributed by atoms with Crippen LogP contribution in [0.25, 0.3) is 0 Å². The first kappa shape index (κ1) is 7.55. The SMILES string of the molecule is OCC1CCCCC1Br. The fraction of sp³-hybridized carbons (Fsp3) is 1.00. The molecule has 1 saturated carbocycles. The first-order valence-corrected chi connectivity index (χ1v) is 4.51. The number of hydrogen-bond acceptors (Lipinski definition) is 1. The molecule has 0 spiro atoms. The molecule has 0 saturated heterocycles. The van der Waals surface area contributed by atoms with Crippen molar-refractivity contribution in [2.45, 2.75) is 30.5 Å². The van der Waals surface area contributed by atoms with Crippen LogP contribution in [0.1, 0.15) is 25.7 Å². The highest BCUT2D eigenvalue weighted by molar-refractivity contribution is 9.09. The molecule has 1 rings (SSSR count). The number of alkyl halides is 1. The molecule has 0 bridgehead atoms. The van der Waals surface area contributed by atoms with E-state index in [0.717, 1.165) is 0 Å². The molecule has 0 radical (unpaired) electrons. The van der Waals surface area contributed by atoms with Gasteiger partial charge in [0.2, 0.25) is 0 Å². The molecule has 0 aliphatic heterocycles. The molecular weight excluding hydrogens is 180 g/mol. The lowest BCUT2D eigenvalue weighted by Crippen LogP contribution is -2.22. The second-order valence-electron chi connectivity index (χ2n) is 2.74. The summed E-state index contributed by atoms with van der Waals surface area (Å²) in [5.74, 6) is 0.527. The lowest BCUT2D eigenvalue weighted by Gasteiger charge is -2.24. The third-order valence-electron chi connectivity index (χ3n) is 2.05. The Kier molecular flexibility index (Phi) is 2.99. The molecule has 1 aliphatic rings. The van der Waals surface area contributed by atoms with Crippen molar-refractivity contribution in [3.8, 4) is 0 Å². The Bertz CT molecular complexity index is 85.0. The van der Waals surface area contributed by atoms with Crippen LogP contribution in [0.4, 0.5) is 0 Å². The van der Waals surface area contributed by atoms with Gasteiger partial charge in [-0.2, -0.15) is 0 Å². The van der Waals surface area contributed by atoms with E-state index in [1.807, 2.05) is 0 Å². The van der Waals surface area contributed by atoms with Gasteiger partial charge in [-0.1, -0.05) is 28.8 Å². The van der Waals surface area contributed by atoms with Gasteiger partial charge >= 0.3 is 0 Å². The molecule has 0 aromatic heterocycles. The zero-order valence-corrected chi connectivity index (χ0v) is 7.10. The van der Waals surface area contributed by atoms with Gasteiger partial charge in [0.1, 0.15) is 0 Å². The molecular formula is C7H13BrO. The maximum absolute atomic E-state index is 8.83. The summed E-state index contributed by atoms with van der Waals surface area (Å²) in [6.45, 7) is 0.357. The normalized spacial score (nSPS) is 36.7. The summed E-state index contributed by atoms with van der Waals surface area (Å²) in [4.78, 5) is 0.580. The lowest BCUT2D eigenvalue weighted by atomic mass is 9.90. The number of aliphatic hydroxyl groups excluding tert-OH is 1. The van der Waals surface area contributed by atoms with Crippen LogP contribution in [0.15, 0.2) is 0 Å². The van der Waals surface area contributed by atoms with E-state index in [0.29, 0.717) is 17.4 Å². The van der Waals surface area contributed by atoms with Gasteiger partial charge in [-0.3, -0.25) is 0 Å². The fourth-order valence-electron chi connectivity index (χ4n) is 1.37. The Hall–Kier alpha value is 0.440. The first-order valence-electron chi connectivity index (χ1n) is 3.59. The maximum atomic E-state index is 8.83. The van der Waals surface area contributed by atoms with Crippen LogP contribution in [-0.2, 0) is 0 Å². The van der Waals surface area contributed by atoms with E-state index in [2.05, 4.69) is 15.9 Å². The van der Waals surface area contributed by atoms with E-state index in [1.165, 1.54) is 25.7 Å². The van der Waals surface area contributed by atoms with Gasteiger partial charge < -0.3 is 5.11 Å².